The first kappa shape index (κ1) is 10.6. The van der Waals surface area contributed by atoms with Gasteiger partial charge in [0.25, 0.3) is 0 Å². The molecule has 0 amide bonds. The van der Waals surface area contributed by atoms with E-state index in [9.17, 15) is 4.79 Å². The predicted octanol–water partition coefficient (Wildman–Crippen LogP) is 0.943. The number of hydrogen-bond donors (Lipinski definition) is 1. The van der Waals surface area contributed by atoms with Gasteiger partial charge in [-0.25, -0.2) is 4.68 Å². The first-order chi connectivity index (χ1) is 7.66. The van der Waals surface area contributed by atoms with Gasteiger partial charge in [-0.3, -0.25) is 4.79 Å². The average molecular weight is 239 g/mol. The summed E-state index contributed by atoms with van der Waals surface area (Å²) in [6.07, 6.45) is 1.33. The number of halogens is 1. The van der Waals surface area contributed by atoms with Gasteiger partial charge in [-0.1, -0.05) is 17.7 Å². The van der Waals surface area contributed by atoms with E-state index in [0.717, 1.165) is 0 Å². The summed E-state index contributed by atoms with van der Waals surface area (Å²) in [7, 11) is 0. The molecule has 7 heteroatoms. The molecule has 1 aromatic carbocycles. The Morgan fingerprint density at radius 1 is 1.50 bits per heavy atom. The molecule has 0 aliphatic heterocycles. The van der Waals surface area contributed by atoms with Gasteiger partial charge in [0.1, 0.15) is 6.33 Å². The zero-order chi connectivity index (χ0) is 11.5. The van der Waals surface area contributed by atoms with Gasteiger partial charge in [0.05, 0.1) is 12.1 Å². The second-order valence-electron chi connectivity index (χ2n) is 3.10. The molecule has 1 N–H and O–H groups in total. The second kappa shape index (κ2) is 4.28. The van der Waals surface area contributed by atoms with E-state index < -0.39 is 5.97 Å². The molecule has 0 aliphatic rings. The van der Waals surface area contributed by atoms with E-state index in [4.69, 9.17) is 16.7 Å². The lowest BCUT2D eigenvalue weighted by Gasteiger charge is -2.04. The lowest BCUT2D eigenvalue weighted by molar-refractivity contribution is -0.136. The minimum Gasteiger partial charge on any atom is -0.481 e. The summed E-state index contributed by atoms with van der Waals surface area (Å²) in [6.45, 7) is 0. The Kier molecular flexibility index (Phi) is 2.82. The smallest absolute Gasteiger partial charge is 0.307 e. The molecule has 0 saturated heterocycles. The van der Waals surface area contributed by atoms with Crippen molar-refractivity contribution in [2.75, 3.05) is 0 Å². The van der Waals surface area contributed by atoms with E-state index in [1.54, 1.807) is 18.2 Å². The molecule has 0 aliphatic carbocycles. The maximum atomic E-state index is 10.5. The van der Waals surface area contributed by atoms with Crippen LogP contribution in [0.1, 0.15) is 5.56 Å². The Labute approximate surface area is 95.5 Å². The molecule has 82 valence electrons. The normalized spacial score (nSPS) is 10.3. The van der Waals surface area contributed by atoms with Crippen molar-refractivity contribution in [3.8, 4) is 5.69 Å². The zero-order valence-corrected chi connectivity index (χ0v) is 8.79. The van der Waals surface area contributed by atoms with Gasteiger partial charge < -0.3 is 5.11 Å². The van der Waals surface area contributed by atoms with Crippen LogP contribution in [0.5, 0.6) is 0 Å². The number of nitrogens with zero attached hydrogens (tertiary/aromatic N) is 4. The number of aliphatic carboxylic acids is 1. The molecule has 0 unspecified atom stereocenters. The number of aromatic nitrogens is 4. The Hall–Kier alpha value is -1.95. The Balaban J connectivity index is 2.33. The molecule has 6 nitrogen and oxygen atoms in total. The van der Waals surface area contributed by atoms with E-state index >= 15 is 0 Å². The average Bonchev–Trinajstić information content (AvgIpc) is 2.73. The molecule has 0 atom stereocenters. The number of rotatable bonds is 3. The maximum absolute atomic E-state index is 10.5. The topological polar surface area (TPSA) is 80.9 Å². The van der Waals surface area contributed by atoms with Gasteiger partial charge in [0, 0.05) is 5.02 Å². The van der Waals surface area contributed by atoms with Gasteiger partial charge in [-0.2, -0.15) is 0 Å². The van der Waals surface area contributed by atoms with Crippen molar-refractivity contribution in [1.29, 1.82) is 0 Å². The third-order valence-corrected chi connectivity index (χ3v) is 2.34. The lowest BCUT2D eigenvalue weighted by Crippen LogP contribution is -2.02. The molecule has 0 fully saturated rings. The molecular weight excluding hydrogens is 232 g/mol. The molecule has 16 heavy (non-hydrogen) atoms. The zero-order valence-electron chi connectivity index (χ0n) is 8.04. The molecular formula is C9H7ClN4O2. The Morgan fingerprint density at radius 2 is 2.31 bits per heavy atom. The van der Waals surface area contributed by atoms with E-state index in [1.807, 2.05) is 0 Å². The van der Waals surface area contributed by atoms with E-state index in [2.05, 4.69) is 15.5 Å². The highest BCUT2D eigenvalue weighted by Gasteiger charge is 2.07. The molecule has 0 spiro atoms. The standard InChI is InChI=1S/C9H7ClN4O2/c10-8-4-7(14-5-11-12-13-14)2-1-6(8)3-9(15)16/h1-2,4-5H,3H2,(H,15,16). The summed E-state index contributed by atoms with van der Waals surface area (Å²) in [5.74, 6) is -0.919. The number of carboxylic acid groups (broad SMARTS) is 1. The first-order valence-corrected chi connectivity index (χ1v) is 4.78. The molecule has 2 rings (SSSR count). The third kappa shape index (κ3) is 2.17. The summed E-state index contributed by atoms with van der Waals surface area (Å²) in [5.41, 5.74) is 1.25. The first-order valence-electron chi connectivity index (χ1n) is 4.40. The molecule has 1 aromatic heterocycles. The van der Waals surface area contributed by atoms with Crippen molar-refractivity contribution in [1.82, 2.24) is 20.2 Å². The maximum Gasteiger partial charge on any atom is 0.307 e. The molecule has 0 radical (unpaired) electrons. The van der Waals surface area contributed by atoms with Crippen LogP contribution in [0.25, 0.3) is 5.69 Å². The highest BCUT2D eigenvalue weighted by molar-refractivity contribution is 6.31. The monoisotopic (exact) mass is 238 g/mol. The highest BCUT2D eigenvalue weighted by Crippen LogP contribution is 2.20. The van der Waals surface area contributed by atoms with Crippen LogP contribution in [0.3, 0.4) is 0 Å². The van der Waals surface area contributed by atoms with Crippen LogP contribution in [0.15, 0.2) is 24.5 Å². The lowest BCUT2D eigenvalue weighted by atomic mass is 10.1. The third-order valence-electron chi connectivity index (χ3n) is 1.99. The fraction of sp³-hybridized carbons (Fsp3) is 0.111. The van der Waals surface area contributed by atoms with Crippen LogP contribution in [-0.4, -0.2) is 31.3 Å². The number of benzene rings is 1. The molecule has 2 aromatic rings. The van der Waals surface area contributed by atoms with Gasteiger partial charge in [-0.05, 0) is 28.1 Å². The second-order valence-corrected chi connectivity index (χ2v) is 3.51. The van der Waals surface area contributed by atoms with Crippen molar-refractivity contribution < 1.29 is 9.90 Å². The SMILES string of the molecule is O=C(O)Cc1ccc(-n2cnnn2)cc1Cl. The van der Waals surface area contributed by atoms with Gasteiger partial charge in [-0.15, -0.1) is 5.10 Å². The molecule has 0 bridgehead atoms. The summed E-state index contributed by atoms with van der Waals surface area (Å²) >= 11 is 5.95. The number of carboxylic acids is 1. The summed E-state index contributed by atoms with van der Waals surface area (Å²) in [5, 5.41) is 19.7. The van der Waals surface area contributed by atoms with Crippen molar-refractivity contribution >= 4 is 17.6 Å². The largest absolute Gasteiger partial charge is 0.481 e. The fourth-order valence-corrected chi connectivity index (χ4v) is 1.51. The van der Waals surface area contributed by atoms with Crippen LogP contribution < -0.4 is 0 Å². The van der Waals surface area contributed by atoms with Crippen molar-refractivity contribution in [2.24, 2.45) is 0 Å². The van der Waals surface area contributed by atoms with Gasteiger partial charge in [0.15, 0.2) is 0 Å². The van der Waals surface area contributed by atoms with Crippen LogP contribution in [0.4, 0.5) is 0 Å². The Bertz CT molecular complexity index is 512. The number of tetrazole rings is 1. The minimum atomic E-state index is -0.919. The summed E-state index contributed by atoms with van der Waals surface area (Å²) < 4.78 is 1.44. The van der Waals surface area contributed by atoms with Crippen LogP contribution in [-0.2, 0) is 11.2 Å². The Morgan fingerprint density at radius 3 is 2.88 bits per heavy atom. The van der Waals surface area contributed by atoms with E-state index in [0.29, 0.717) is 16.3 Å². The van der Waals surface area contributed by atoms with Crippen LogP contribution in [0.2, 0.25) is 5.02 Å². The fourth-order valence-electron chi connectivity index (χ4n) is 1.26. The van der Waals surface area contributed by atoms with E-state index in [1.165, 1.54) is 11.0 Å². The van der Waals surface area contributed by atoms with Crippen molar-refractivity contribution in [3.05, 3.63) is 35.1 Å². The van der Waals surface area contributed by atoms with Crippen molar-refractivity contribution in [3.63, 3.8) is 0 Å². The number of carbonyl (C=O) groups is 1. The van der Waals surface area contributed by atoms with Gasteiger partial charge >= 0.3 is 5.97 Å². The molecule has 1 heterocycles. The highest BCUT2D eigenvalue weighted by atomic mass is 35.5. The van der Waals surface area contributed by atoms with Gasteiger partial charge in [0.2, 0.25) is 0 Å². The van der Waals surface area contributed by atoms with Crippen molar-refractivity contribution in [2.45, 2.75) is 6.42 Å². The molecule has 0 saturated carbocycles. The number of hydrogen-bond acceptors (Lipinski definition) is 4. The summed E-state index contributed by atoms with van der Waals surface area (Å²) in [6, 6.07) is 4.98. The minimum absolute atomic E-state index is 0.102. The summed E-state index contributed by atoms with van der Waals surface area (Å²) in [4.78, 5) is 10.5. The van der Waals surface area contributed by atoms with E-state index in [-0.39, 0.29) is 6.42 Å². The predicted molar refractivity (Wildman–Crippen MR) is 55.5 cm³/mol. The quantitative estimate of drug-likeness (QED) is 0.861. The van der Waals surface area contributed by atoms with Crippen LogP contribution >= 0.6 is 11.6 Å². The van der Waals surface area contributed by atoms with Crippen LogP contribution in [0, 0.1) is 0 Å².